The van der Waals surface area contributed by atoms with Gasteiger partial charge in [0.1, 0.15) is 0 Å². The van der Waals surface area contributed by atoms with Gasteiger partial charge >= 0.3 is 0 Å². The molecule has 136 valence electrons. The fourth-order valence-corrected chi connectivity index (χ4v) is 3.02. The zero-order valence-corrected chi connectivity index (χ0v) is 14.5. The minimum absolute atomic E-state index is 0.0105. The van der Waals surface area contributed by atoms with Crippen molar-refractivity contribution in [1.29, 1.82) is 0 Å². The molecule has 1 amide bonds. The molecule has 1 saturated heterocycles. The number of nitro benzene ring substituents is 1. The molecule has 0 aliphatic carbocycles. The van der Waals surface area contributed by atoms with Crippen LogP contribution in [0, 0.1) is 10.1 Å². The molecule has 7 heteroatoms. The Balaban J connectivity index is 1.51. The summed E-state index contributed by atoms with van der Waals surface area (Å²) < 4.78 is 0. The number of carbonyl (C=O) groups is 1. The Kier molecular flexibility index (Phi) is 5.68. The first-order chi connectivity index (χ1) is 12.6. The first kappa shape index (κ1) is 17.7. The second kappa shape index (κ2) is 8.33. The Morgan fingerprint density at radius 2 is 1.77 bits per heavy atom. The van der Waals surface area contributed by atoms with E-state index in [1.807, 2.05) is 24.3 Å². The van der Waals surface area contributed by atoms with E-state index in [0.717, 1.165) is 18.8 Å². The van der Waals surface area contributed by atoms with Crippen molar-refractivity contribution >= 4 is 28.7 Å². The minimum Gasteiger partial charge on any atom is -0.376 e. The molecule has 1 heterocycles. The zero-order chi connectivity index (χ0) is 18.4. The predicted octanol–water partition coefficient (Wildman–Crippen LogP) is 3.64. The van der Waals surface area contributed by atoms with Crippen molar-refractivity contribution in [1.82, 2.24) is 0 Å². The van der Waals surface area contributed by atoms with Crippen LogP contribution in [0.2, 0.25) is 0 Å². The number of nitro groups is 1. The van der Waals surface area contributed by atoms with Crippen LogP contribution in [0.1, 0.15) is 19.3 Å². The number of nitrogens with one attached hydrogen (secondary N) is 2. The molecule has 1 aliphatic rings. The van der Waals surface area contributed by atoms with Crippen molar-refractivity contribution in [3.05, 3.63) is 58.6 Å². The number of hydrogen-bond acceptors (Lipinski definition) is 5. The molecular weight excluding hydrogens is 332 g/mol. The zero-order valence-electron chi connectivity index (χ0n) is 14.5. The Morgan fingerprint density at radius 1 is 1.04 bits per heavy atom. The lowest BCUT2D eigenvalue weighted by molar-refractivity contribution is -0.384. The average molecular weight is 354 g/mol. The van der Waals surface area contributed by atoms with E-state index in [2.05, 4.69) is 15.5 Å². The molecule has 0 unspecified atom stereocenters. The van der Waals surface area contributed by atoms with Gasteiger partial charge in [-0.05, 0) is 49.6 Å². The van der Waals surface area contributed by atoms with Crippen molar-refractivity contribution in [2.75, 3.05) is 35.2 Å². The highest BCUT2D eigenvalue weighted by Gasteiger charge is 2.11. The summed E-state index contributed by atoms with van der Waals surface area (Å²) in [7, 11) is 0. The van der Waals surface area contributed by atoms with Crippen molar-refractivity contribution < 1.29 is 9.72 Å². The van der Waals surface area contributed by atoms with Gasteiger partial charge < -0.3 is 15.5 Å². The summed E-state index contributed by atoms with van der Waals surface area (Å²) in [5.74, 6) is -0.206. The normalized spacial score (nSPS) is 13.9. The third-order valence-electron chi connectivity index (χ3n) is 4.38. The monoisotopic (exact) mass is 354 g/mol. The largest absolute Gasteiger partial charge is 0.376 e. The second-order valence-corrected chi connectivity index (χ2v) is 6.30. The van der Waals surface area contributed by atoms with Crippen LogP contribution in [-0.2, 0) is 4.79 Å². The number of piperidine rings is 1. The van der Waals surface area contributed by atoms with Crippen LogP contribution in [0.3, 0.4) is 0 Å². The van der Waals surface area contributed by atoms with E-state index >= 15 is 0 Å². The Bertz CT molecular complexity index is 771. The molecule has 2 aromatic carbocycles. The van der Waals surface area contributed by atoms with Crippen LogP contribution >= 0.6 is 0 Å². The van der Waals surface area contributed by atoms with E-state index in [0.29, 0.717) is 5.69 Å². The summed E-state index contributed by atoms with van der Waals surface area (Å²) in [6.45, 7) is 2.20. The van der Waals surface area contributed by atoms with Gasteiger partial charge in [-0.3, -0.25) is 14.9 Å². The van der Waals surface area contributed by atoms with E-state index in [9.17, 15) is 14.9 Å². The van der Waals surface area contributed by atoms with E-state index in [-0.39, 0.29) is 18.1 Å². The lowest BCUT2D eigenvalue weighted by Crippen LogP contribution is -2.29. The molecule has 0 bridgehead atoms. The molecule has 7 nitrogen and oxygen atoms in total. The molecule has 3 rings (SSSR count). The summed E-state index contributed by atoms with van der Waals surface area (Å²) in [5.41, 5.74) is 2.44. The molecule has 0 aromatic heterocycles. The minimum atomic E-state index is -0.463. The molecule has 2 aromatic rings. The Hall–Kier alpha value is -3.09. The summed E-state index contributed by atoms with van der Waals surface area (Å²) in [6, 6.07) is 13.9. The lowest BCUT2D eigenvalue weighted by atomic mass is 10.1. The van der Waals surface area contributed by atoms with Gasteiger partial charge in [-0.2, -0.15) is 0 Å². The van der Waals surface area contributed by atoms with Crippen molar-refractivity contribution in [3.8, 4) is 0 Å². The number of benzene rings is 2. The van der Waals surface area contributed by atoms with Crippen molar-refractivity contribution in [2.24, 2.45) is 0 Å². The molecule has 2 N–H and O–H groups in total. The molecule has 0 atom stereocenters. The number of nitrogens with zero attached hydrogens (tertiary/aromatic N) is 2. The number of amides is 1. The standard InChI is InChI=1S/C19H22N4O3/c24-19(14-20-16-5-4-6-18(13-16)23(25)26)21-15-7-9-17(10-8-15)22-11-2-1-3-12-22/h4-10,13,20H,1-3,11-12,14H2,(H,21,24). The molecule has 0 radical (unpaired) electrons. The maximum Gasteiger partial charge on any atom is 0.271 e. The number of non-ortho nitro benzene ring substituents is 1. The van der Waals surface area contributed by atoms with Crippen molar-refractivity contribution in [3.63, 3.8) is 0 Å². The number of carbonyl (C=O) groups excluding carboxylic acids is 1. The van der Waals surface area contributed by atoms with Crippen LogP contribution < -0.4 is 15.5 Å². The van der Waals surface area contributed by atoms with Gasteiger partial charge in [-0.1, -0.05) is 6.07 Å². The van der Waals surface area contributed by atoms with Gasteiger partial charge in [0.15, 0.2) is 0 Å². The fourth-order valence-electron chi connectivity index (χ4n) is 3.02. The Labute approximate surface area is 152 Å². The molecule has 0 spiro atoms. The third kappa shape index (κ3) is 4.72. The predicted molar refractivity (Wildman–Crippen MR) is 103 cm³/mol. The summed E-state index contributed by atoms with van der Waals surface area (Å²) >= 11 is 0. The highest BCUT2D eigenvalue weighted by molar-refractivity contribution is 5.93. The number of rotatable bonds is 6. The Morgan fingerprint density at radius 3 is 2.46 bits per heavy atom. The smallest absolute Gasteiger partial charge is 0.271 e. The van der Waals surface area contributed by atoms with Gasteiger partial charge in [-0.15, -0.1) is 0 Å². The summed E-state index contributed by atoms with van der Waals surface area (Å²) in [5, 5.41) is 16.5. The summed E-state index contributed by atoms with van der Waals surface area (Å²) in [4.78, 5) is 24.7. The van der Waals surface area contributed by atoms with Crippen LogP contribution in [0.15, 0.2) is 48.5 Å². The van der Waals surface area contributed by atoms with E-state index < -0.39 is 4.92 Å². The van der Waals surface area contributed by atoms with Crippen LogP contribution in [0.4, 0.5) is 22.7 Å². The third-order valence-corrected chi connectivity index (χ3v) is 4.38. The maximum atomic E-state index is 12.1. The van der Waals surface area contributed by atoms with E-state index in [1.165, 1.54) is 37.1 Å². The quantitative estimate of drug-likeness (QED) is 0.611. The second-order valence-electron chi connectivity index (χ2n) is 6.30. The average Bonchev–Trinajstić information content (AvgIpc) is 2.68. The van der Waals surface area contributed by atoms with Crippen molar-refractivity contribution in [2.45, 2.75) is 19.3 Å². The summed E-state index contributed by atoms with van der Waals surface area (Å²) in [6.07, 6.45) is 3.74. The number of anilines is 3. The first-order valence-electron chi connectivity index (χ1n) is 8.75. The van der Waals surface area contributed by atoms with Gasteiger partial charge in [0.05, 0.1) is 11.5 Å². The van der Waals surface area contributed by atoms with Gasteiger partial charge in [0, 0.05) is 42.3 Å². The van der Waals surface area contributed by atoms with E-state index in [1.54, 1.807) is 12.1 Å². The lowest BCUT2D eigenvalue weighted by Gasteiger charge is -2.28. The first-order valence-corrected chi connectivity index (χ1v) is 8.75. The maximum absolute atomic E-state index is 12.1. The molecular formula is C19H22N4O3. The SMILES string of the molecule is O=C(CNc1cccc([N+](=O)[O-])c1)Nc1ccc(N2CCCCC2)cc1. The molecule has 1 fully saturated rings. The van der Waals surface area contributed by atoms with E-state index in [4.69, 9.17) is 0 Å². The molecule has 1 aliphatic heterocycles. The van der Waals surface area contributed by atoms with Gasteiger partial charge in [-0.25, -0.2) is 0 Å². The fraction of sp³-hybridized carbons (Fsp3) is 0.316. The topological polar surface area (TPSA) is 87.5 Å². The van der Waals surface area contributed by atoms with Crippen LogP contribution in [0.5, 0.6) is 0 Å². The highest BCUT2D eigenvalue weighted by atomic mass is 16.6. The van der Waals surface area contributed by atoms with Gasteiger partial charge in [0.25, 0.3) is 5.69 Å². The molecule has 26 heavy (non-hydrogen) atoms. The molecule has 0 saturated carbocycles. The number of hydrogen-bond donors (Lipinski definition) is 2. The van der Waals surface area contributed by atoms with Crippen LogP contribution in [-0.4, -0.2) is 30.5 Å². The highest BCUT2D eigenvalue weighted by Crippen LogP contribution is 2.22. The van der Waals surface area contributed by atoms with Gasteiger partial charge in [0.2, 0.25) is 5.91 Å². The van der Waals surface area contributed by atoms with Crippen LogP contribution in [0.25, 0.3) is 0 Å².